The molecular weight excluding hydrogens is 330 g/mol. The van der Waals surface area contributed by atoms with Crippen LogP contribution in [0.15, 0.2) is 48.2 Å². The van der Waals surface area contributed by atoms with E-state index in [0.29, 0.717) is 17.1 Å². The van der Waals surface area contributed by atoms with Gasteiger partial charge in [-0.15, -0.1) is 0 Å². The topological polar surface area (TPSA) is 6.48 Å². The Hall–Kier alpha value is -2.07. The van der Waals surface area contributed by atoms with Crippen LogP contribution in [0, 0.1) is 11.6 Å². The zero-order valence-electron chi connectivity index (χ0n) is 13.1. The van der Waals surface area contributed by atoms with E-state index in [-0.39, 0.29) is 0 Å². The van der Waals surface area contributed by atoms with E-state index in [1.807, 2.05) is 24.3 Å². The molecule has 0 spiro atoms. The number of halogens is 3. The van der Waals surface area contributed by atoms with Gasteiger partial charge in [-0.25, -0.2) is 8.78 Å². The molecule has 2 aromatic carbocycles. The molecule has 1 saturated heterocycles. The van der Waals surface area contributed by atoms with Gasteiger partial charge in [0.1, 0.15) is 0 Å². The van der Waals surface area contributed by atoms with Gasteiger partial charge in [0.2, 0.25) is 0 Å². The maximum atomic E-state index is 14.3. The van der Waals surface area contributed by atoms with E-state index in [4.69, 9.17) is 11.6 Å². The van der Waals surface area contributed by atoms with Crippen molar-refractivity contribution < 1.29 is 8.78 Å². The summed E-state index contributed by atoms with van der Waals surface area (Å²) in [4.78, 5) is 0. The van der Waals surface area contributed by atoms with Crippen molar-refractivity contribution in [2.45, 2.75) is 19.3 Å². The number of nitrogens with zero attached hydrogens (tertiary/aromatic N) is 2. The molecule has 0 bridgehead atoms. The Kier molecular flexibility index (Phi) is 3.93. The van der Waals surface area contributed by atoms with Crippen LogP contribution in [0.5, 0.6) is 0 Å². The number of hydrazine groups is 1. The third kappa shape index (κ3) is 2.55. The van der Waals surface area contributed by atoms with Gasteiger partial charge < -0.3 is 0 Å². The molecule has 24 heavy (non-hydrogen) atoms. The molecule has 1 fully saturated rings. The lowest BCUT2D eigenvalue weighted by atomic mass is 9.99. The molecule has 4 rings (SSSR count). The number of rotatable bonds is 2. The van der Waals surface area contributed by atoms with Crippen LogP contribution in [0.4, 0.5) is 14.5 Å². The van der Waals surface area contributed by atoms with Crippen molar-refractivity contribution in [3.05, 3.63) is 70.4 Å². The number of piperidine rings is 1. The van der Waals surface area contributed by atoms with Crippen molar-refractivity contribution in [3.63, 3.8) is 0 Å². The fourth-order valence-electron chi connectivity index (χ4n) is 3.56. The second-order valence-corrected chi connectivity index (χ2v) is 6.58. The normalized spacial score (nSPS) is 17.5. The Bertz CT molecular complexity index is 819. The number of benzene rings is 2. The van der Waals surface area contributed by atoms with Gasteiger partial charge in [0.25, 0.3) is 0 Å². The van der Waals surface area contributed by atoms with Gasteiger partial charge >= 0.3 is 0 Å². The maximum absolute atomic E-state index is 14.3. The largest absolute Gasteiger partial charge is 0.289 e. The number of anilines is 1. The second-order valence-electron chi connectivity index (χ2n) is 6.14. The summed E-state index contributed by atoms with van der Waals surface area (Å²) >= 11 is 6.13. The first-order valence-corrected chi connectivity index (χ1v) is 8.50. The fourth-order valence-corrected chi connectivity index (χ4v) is 3.75. The Morgan fingerprint density at radius 1 is 0.958 bits per heavy atom. The molecule has 0 amide bonds. The van der Waals surface area contributed by atoms with Crippen LogP contribution in [0.1, 0.15) is 24.8 Å². The summed E-state index contributed by atoms with van der Waals surface area (Å²) in [5.41, 5.74) is 3.28. The summed E-state index contributed by atoms with van der Waals surface area (Å²) in [6.07, 6.45) is 3.03. The van der Waals surface area contributed by atoms with Gasteiger partial charge in [0.15, 0.2) is 11.6 Å². The van der Waals surface area contributed by atoms with Crippen molar-refractivity contribution in [3.8, 4) is 0 Å². The Labute approximate surface area is 144 Å². The summed E-state index contributed by atoms with van der Waals surface area (Å²) in [5, 5.41) is 4.96. The van der Waals surface area contributed by atoms with Crippen LogP contribution in [0.25, 0.3) is 5.57 Å². The molecule has 0 aromatic heterocycles. The van der Waals surface area contributed by atoms with Gasteiger partial charge in [-0.1, -0.05) is 29.8 Å². The van der Waals surface area contributed by atoms with E-state index in [2.05, 4.69) is 10.0 Å². The summed E-state index contributed by atoms with van der Waals surface area (Å²) in [7, 11) is 0. The molecule has 5 heteroatoms. The molecule has 0 N–H and O–H groups in total. The van der Waals surface area contributed by atoms with E-state index in [1.54, 1.807) is 12.1 Å². The van der Waals surface area contributed by atoms with Crippen molar-refractivity contribution in [1.29, 1.82) is 0 Å². The SMILES string of the molecule is Fc1cccc(C2=C3CCCCN3N(c3cccc(Cl)c3)C2)c1F. The standard InChI is InChI=1S/C19H17ClF2N2/c20-13-5-3-6-14(11-13)24-12-16(18-9-1-2-10-23(18)24)15-7-4-8-17(21)19(15)22/h3-8,11H,1-2,9-10,12H2. The molecule has 124 valence electrons. The second kappa shape index (κ2) is 6.10. The quantitative estimate of drug-likeness (QED) is 0.732. The number of allylic oxidation sites excluding steroid dienone is 1. The lowest BCUT2D eigenvalue weighted by Crippen LogP contribution is -2.39. The van der Waals surface area contributed by atoms with E-state index in [9.17, 15) is 8.78 Å². The lowest BCUT2D eigenvalue weighted by Gasteiger charge is -2.36. The molecule has 2 nitrogen and oxygen atoms in total. The van der Waals surface area contributed by atoms with Crippen molar-refractivity contribution in [1.82, 2.24) is 5.01 Å². The molecule has 0 radical (unpaired) electrons. The Morgan fingerprint density at radius 3 is 2.62 bits per heavy atom. The maximum Gasteiger partial charge on any atom is 0.166 e. The van der Waals surface area contributed by atoms with E-state index < -0.39 is 11.6 Å². The molecule has 0 aliphatic carbocycles. The minimum absolute atomic E-state index is 0.362. The zero-order valence-corrected chi connectivity index (χ0v) is 13.9. The Balaban J connectivity index is 1.78. The number of hydrogen-bond donors (Lipinski definition) is 0. The van der Waals surface area contributed by atoms with Crippen molar-refractivity contribution >= 4 is 22.9 Å². The van der Waals surface area contributed by atoms with Crippen LogP contribution in [-0.4, -0.2) is 18.1 Å². The predicted octanol–water partition coefficient (Wildman–Crippen LogP) is 5.25. The van der Waals surface area contributed by atoms with Gasteiger partial charge in [-0.3, -0.25) is 10.0 Å². The highest BCUT2D eigenvalue weighted by Crippen LogP contribution is 2.40. The predicted molar refractivity (Wildman–Crippen MR) is 92.6 cm³/mol. The monoisotopic (exact) mass is 346 g/mol. The molecule has 2 heterocycles. The molecule has 0 atom stereocenters. The zero-order chi connectivity index (χ0) is 16.7. The fraction of sp³-hybridized carbons (Fsp3) is 0.263. The average Bonchev–Trinajstić information content (AvgIpc) is 2.97. The third-order valence-electron chi connectivity index (χ3n) is 4.68. The Morgan fingerprint density at radius 2 is 1.79 bits per heavy atom. The van der Waals surface area contributed by atoms with Gasteiger partial charge in [0, 0.05) is 28.4 Å². The third-order valence-corrected chi connectivity index (χ3v) is 4.91. The summed E-state index contributed by atoms with van der Waals surface area (Å²) in [6, 6.07) is 12.0. The van der Waals surface area contributed by atoms with Gasteiger partial charge in [0.05, 0.1) is 12.2 Å². The summed E-state index contributed by atoms with van der Waals surface area (Å²) < 4.78 is 28.0. The van der Waals surface area contributed by atoms with E-state index in [1.165, 1.54) is 0 Å². The lowest BCUT2D eigenvalue weighted by molar-refractivity contribution is 0.294. The van der Waals surface area contributed by atoms with Crippen LogP contribution >= 0.6 is 11.6 Å². The highest BCUT2D eigenvalue weighted by atomic mass is 35.5. The van der Waals surface area contributed by atoms with Gasteiger partial charge in [-0.2, -0.15) is 0 Å². The minimum Gasteiger partial charge on any atom is -0.289 e. The molecule has 2 aromatic rings. The molecule has 2 aliphatic heterocycles. The highest BCUT2D eigenvalue weighted by molar-refractivity contribution is 6.30. The molecular formula is C19H17ClF2N2. The number of hydrogen-bond acceptors (Lipinski definition) is 2. The smallest absolute Gasteiger partial charge is 0.166 e. The molecule has 2 aliphatic rings. The van der Waals surface area contributed by atoms with Crippen LogP contribution in [0.3, 0.4) is 0 Å². The number of fused-ring (bicyclic) bond motifs is 1. The first-order chi connectivity index (χ1) is 11.6. The van der Waals surface area contributed by atoms with E-state index in [0.717, 1.165) is 48.8 Å². The first-order valence-electron chi connectivity index (χ1n) is 8.12. The highest BCUT2D eigenvalue weighted by Gasteiger charge is 2.33. The van der Waals surface area contributed by atoms with Crippen LogP contribution < -0.4 is 5.01 Å². The first kappa shape index (κ1) is 15.5. The van der Waals surface area contributed by atoms with Gasteiger partial charge in [-0.05, 0) is 43.5 Å². The van der Waals surface area contributed by atoms with Crippen LogP contribution in [0.2, 0.25) is 5.02 Å². The van der Waals surface area contributed by atoms with Crippen LogP contribution in [-0.2, 0) is 0 Å². The molecule has 0 saturated carbocycles. The average molecular weight is 347 g/mol. The molecule has 0 unspecified atom stereocenters. The summed E-state index contributed by atoms with van der Waals surface area (Å²) in [5.74, 6) is -1.57. The van der Waals surface area contributed by atoms with Crippen molar-refractivity contribution in [2.24, 2.45) is 0 Å². The van der Waals surface area contributed by atoms with Crippen molar-refractivity contribution in [2.75, 3.05) is 18.1 Å². The van der Waals surface area contributed by atoms with E-state index >= 15 is 0 Å². The summed E-state index contributed by atoms with van der Waals surface area (Å²) in [6.45, 7) is 1.40. The minimum atomic E-state index is -0.802.